The standard InChI is InChI=1S/C17H14BrF3N2O5S/c1-9-6-10(2-3-11(9)18)23-14(24)8-28-15(25)7-22-29(26,27)13-5-4-12(19)16(20)17(13)21/h2-6,22H,7-8H2,1H3,(H,23,24). The molecule has 2 rings (SSSR count). The normalized spacial score (nSPS) is 11.2. The van der Waals surface area contributed by atoms with Crippen molar-refractivity contribution in [3.05, 3.63) is 57.8 Å². The van der Waals surface area contributed by atoms with Crippen molar-refractivity contribution >= 4 is 43.5 Å². The summed E-state index contributed by atoms with van der Waals surface area (Å²) in [5.41, 5.74) is 1.32. The lowest BCUT2D eigenvalue weighted by atomic mass is 10.2. The Morgan fingerprint density at radius 3 is 2.45 bits per heavy atom. The van der Waals surface area contributed by atoms with E-state index in [1.54, 1.807) is 22.9 Å². The highest BCUT2D eigenvalue weighted by Crippen LogP contribution is 2.20. The largest absolute Gasteiger partial charge is 0.455 e. The van der Waals surface area contributed by atoms with Crippen LogP contribution in [-0.4, -0.2) is 33.4 Å². The highest BCUT2D eigenvalue weighted by Gasteiger charge is 2.24. The molecule has 0 fully saturated rings. The Morgan fingerprint density at radius 2 is 1.79 bits per heavy atom. The summed E-state index contributed by atoms with van der Waals surface area (Å²) in [7, 11) is -4.66. The average Bonchev–Trinajstić information content (AvgIpc) is 2.65. The second kappa shape index (κ2) is 9.37. The van der Waals surface area contributed by atoms with Gasteiger partial charge in [0.2, 0.25) is 10.0 Å². The van der Waals surface area contributed by atoms with Crippen molar-refractivity contribution in [1.29, 1.82) is 0 Å². The van der Waals surface area contributed by atoms with Gasteiger partial charge in [-0.1, -0.05) is 15.9 Å². The fraction of sp³-hybridized carbons (Fsp3) is 0.176. The number of carbonyl (C=O) groups excluding carboxylic acids is 2. The molecule has 0 bridgehead atoms. The zero-order valence-electron chi connectivity index (χ0n) is 14.8. The maximum absolute atomic E-state index is 13.6. The van der Waals surface area contributed by atoms with E-state index in [1.807, 2.05) is 6.92 Å². The number of halogens is 4. The molecule has 0 unspecified atom stereocenters. The molecule has 7 nitrogen and oxygen atoms in total. The summed E-state index contributed by atoms with van der Waals surface area (Å²) in [4.78, 5) is 22.2. The molecular formula is C17H14BrF3N2O5S. The van der Waals surface area contributed by atoms with Crippen LogP contribution in [0.1, 0.15) is 5.56 Å². The third kappa shape index (κ3) is 6.02. The number of sulfonamides is 1. The van der Waals surface area contributed by atoms with Crippen LogP contribution >= 0.6 is 15.9 Å². The van der Waals surface area contributed by atoms with E-state index in [-0.39, 0.29) is 0 Å². The number of aryl methyl sites for hydroxylation is 1. The second-order valence-corrected chi connectivity index (χ2v) is 8.26. The average molecular weight is 495 g/mol. The topological polar surface area (TPSA) is 102 Å². The molecule has 0 aliphatic heterocycles. The number of ether oxygens (including phenoxy) is 1. The van der Waals surface area contributed by atoms with Crippen molar-refractivity contribution < 1.29 is 35.9 Å². The van der Waals surface area contributed by atoms with Crippen LogP contribution in [0, 0.1) is 24.4 Å². The molecule has 0 aromatic heterocycles. The second-order valence-electron chi connectivity index (χ2n) is 5.67. The van der Waals surface area contributed by atoms with Crippen LogP contribution in [0.3, 0.4) is 0 Å². The van der Waals surface area contributed by atoms with E-state index >= 15 is 0 Å². The SMILES string of the molecule is Cc1cc(NC(=O)COC(=O)CNS(=O)(=O)c2ccc(F)c(F)c2F)ccc1Br. The predicted molar refractivity (Wildman–Crippen MR) is 100.0 cm³/mol. The summed E-state index contributed by atoms with van der Waals surface area (Å²) in [6.45, 7) is 0.155. The van der Waals surface area contributed by atoms with Crippen LogP contribution in [0.5, 0.6) is 0 Å². The number of hydrogen-bond acceptors (Lipinski definition) is 5. The summed E-state index contributed by atoms with van der Waals surface area (Å²) >= 11 is 3.31. The number of benzene rings is 2. The summed E-state index contributed by atoms with van der Waals surface area (Å²) in [6.07, 6.45) is 0. The first-order valence-electron chi connectivity index (χ1n) is 7.86. The zero-order valence-corrected chi connectivity index (χ0v) is 17.2. The minimum atomic E-state index is -4.66. The van der Waals surface area contributed by atoms with Crippen LogP contribution < -0.4 is 10.0 Å². The van der Waals surface area contributed by atoms with Crippen LogP contribution in [0.2, 0.25) is 0 Å². The number of hydrogen-bond donors (Lipinski definition) is 2. The maximum Gasteiger partial charge on any atom is 0.321 e. The lowest BCUT2D eigenvalue weighted by Gasteiger charge is -2.09. The first kappa shape index (κ1) is 22.8. The molecule has 0 spiro atoms. The maximum atomic E-state index is 13.6. The van der Waals surface area contributed by atoms with E-state index in [4.69, 9.17) is 0 Å². The number of anilines is 1. The van der Waals surface area contributed by atoms with Crippen LogP contribution in [0.15, 0.2) is 39.7 Å². The number of nitrogens with one attached hydrogen (secondary N) is 2. The van der Waals surface area contributed by atoms with E-state index in [0.29, 0.717) is 17.8 Å². The Bertz CT molecular complexity index is 1060. The number of carbonyl (C=O) groups is 2. The first-order valence-corrected chi connectivity index (χ1v) is 10.1. The fourth-order valence-electron chi connectivity index (χ4n) is 2.06. The first-order chi connectivity index (χ1) is 13.5. The van der Waals surface area contributed by atoms with Crippen molar-refractivity contribution in [3.63, 3.8) is 0 Å². The highest BCUT2D eigenvalue weighted by atomic mass is 79.9. The quantitative estimate of drug-likeness (QED) is 0.455. The van der Waals surface area contributed by atoms with Crippen LogP contribution in [0.4, 0.5) is 18.9 Å². The Labute approximate surface area is 172 Å². The Morgan fingerprint density at radius 1 is 1.10 bits per heavy atom. The van der Waals surface area contributed by atoms with Gasteiger partial charge in [-0.25, -0.2) is 21.6 Å². The Hall–Kier alpha value is -2.44. The van der Waals surface area contributed by atoms with Gasteiger partial charge in [-0.3, -0.25) is 9.59 Å². The van der Waals surface area contributed by atoms with Gasteiger partial charge in [0.25, 0.3) is 5.91 Å². The van der Waals surface area contributed by atoms with Gasteiger partial charge in [0.1, 0.15) is 11.4 Å². The lowest BCUT2D eigenvalue weighted by molar-refractivity contribution is -0.146. The minimum Gasteiger partial charge on any atom is -0.455 e. The lowest BCUT2D eigenvalue weighted by Crippen LogP contribution is -2.33. The van der Waals surface area contributed by atoms with Gasteiger partial charge in [-0.2, -0.15) is 4.72 Å². The third-order valence-corrected chi connectivity index (χ3v) is 5.81. The third-order valence-electron chi connectivity index (χ3n) is 3.50. The van der Waals surface area contributed by atoms with Crippen molar-refractivity contribution in [2.45, 2.75) is 11.8 Å². The van der Waals surface area contributed by atoms with E-state index in [1.165, 1.54) is 0 Å². The monoisotopic (exact) mass is 494 g/mol. The van der Waals surface area contributed by atoms with Crippen molar-refractivity contribution in [2.24, 2.45) is 0 Å². The summed E-state index contributed by atoms with van der Waals surface area (Å²) in [5, 5.41) is 2.48. The smallest absolute Gasteiger partial charge is 0.321 e. The Balaban J connectivity index is 1.88. The molecule has 2 aromatic rings. The molecule has 0 saturated carbocycles. The van der Waals surface area contributed by atoms with Gasteiger partial charge >= 0.3 is 5.97 Å². The molecule has 0 atom stereocenters. The molecule has 0 radical (unpaired) electrons. The molecule has 2 aromatic carbocycles. The molecule has 0 aliphatic carbocycles. The molecule has 156 valence electrons. The molecule has 0 saturated heterocycles. The van der Waals surface area contributed by atoms with Crippen LogP contribution in [-0.2, 0) is 24.3 Å². The zero-order chi connectivity index (χ0) is 21.8. The molecule has 12 heteroatoms. The fourth-order valence-corrected chi connectivity index (χ4v) is 3.35. The molecule has 0 heterocycles. The van der Waals surface area contributed by atoms with E-state index in [9.17, 15) is 31.2 Å². The van der Waals surface area contributed by atoms with Gasteiger partial charge < -0.3 is 10.1 Å². The van der Waals surface area contributed by atoms with Gasteiger partial charge in [-0.15, -0.1) is 0 Å². The van der Waals surface area contributed by atoms with Gasteiger partial charge in [-0.05, 0) is 42.8 Å². The van der Waals surface area contributed by atoms with Gasteiger partial charge in [0.05, 0.1) is 0 Å². The molecule has 29 heavy (non-hydrogen) atoms. The molecule has 2 N–H and O–H groups in total. The van der Waals surface area contributed by atoms with Gasteiger partial charge in [0.15, 0.2) is 24.1 Å². The minimum absolute atomic E-state index is 0.430. The van der Waals surface area contributed by atoms with E-state index < -0.39 is 57.4 Å². The van der Waals surface area contributed by atoms with Crippen molar-refractivity contribution in [2.75, 3.05) is 18.5 Å². The van der Waals surface area contributed by atoms with Crippen molar-refractivity contribution in [1.82, 2.24) is 4.72 Å². The van der Waals surface area contributed by atoms with Crippen LogP contribution in [0.25, 0.3) is 0 Å². The predicted octanol–water partition coefficient (Wildman–Crippen LogP) is 2.64. The number of esters is 1. The molecule has 1 amide bonds. The Kier molecular flexibility index (Phi) is 7.38. The molecule has 0 aliphatic rings. The summed E-state index contributed by atoms with van der Waals surface area (Å²) in [6, 6.07) is 5.94. The number of rotatable bonds is 7. The molecular weight excluding hydrogens is 481 g/mol. The number of amides is 1. The van der Waals surface area contributed by atoms with E-state index in [2.05, 4.69) is 26.0 Å². The highest BCUT2D eigenvalue weighted by molar-refractivity contribution is 9.10. The van der Waals surface area contributed by atoms with Gasteiger partial charge in [0, 0.05) is 10.2 Å². The van der Waals surface area contributed by atoms with E-state index in [0.717, 1.165) is 10.0 Å². The van der Waals surface area contributed by atoms with Crippen molar-refractivity contribution in [3.8, 4) is 0 Å². The summed E-state index contributed by atoms with van der Waals surface area (Å²) < 4.78 is 70.7. The summed E-state index contributed by atoms with van der Waals surface area (Å²) in [5.74, 6) is -7.26.